The summed E-state index contributed by atoms with van der Waals surface area (Å²) >= 11 is 13.2. The minimum atomic E-state index is 0.411. The molecular weight excluding hydrogens is 625 g/mol. The Labute approximate surface area is 294 Å². The van der Waals surface area contributed by atoms with Crippen LogP contribution in [0.3, 0.4) is 0 Å². The van der Waals surface area contributed by atoms with Crippen molar-refractivity contribution in [1.29, 1.82) is 0 Å². The first-order chi connectivity index (χ1) is 23.6. The van der Waals surface area contributed by atoms with Gasteiger partial charge in [-0.25, -0.2) is 0 Å². The van der Waals surface area contributed by atoms with Crippen LogP contribution in [0.25, 0.3) is 57.9 Å². The highest BCUT2D eigenvalue weighted by molar-refractivity contribution is 6.36. The molecule has 6 aromatic rings. The molecule has 236 valence electrons. The van der Waals surface area contributed by atoms with E-state index in [1.165, 1.54) is 76.9 Å². The van der Waals surface area contributed by atoms with Gasteiger partial charge in [-0.15, -0.1) is 0 Å². The lowest BCUT2D eigenvalue weighted by Crippen LogP contribution is -2.44. The molecule has 0 radical (unpaired) electrons. The standard InChI is InChI=1S/C45H38Cl2N/c46-40-28-29-42(43(47)32-40)39-30-44(37-24-20-35(21-25-37)18-16-33-10-4-1-5-11-33)48(41-14-8-3-9-15-41)45(31-39)38-26-22-36(23-27-38)19-17-34-12-6-2-7-13-34/h1-2,4-7,10-13,16-32,41H,3,8-9,14-15H2/q+1/b18-16+,19-17+. The third-order valence-electron chi connectivity index (χ3n) is 9.23. The van der Waals surface area contributed by atoms with E-state index < -0.39 is 0 Å². The van der Waals surface area contributed by atoms with Crippen molar-refractivity contribution in [3.8, 4) is 33.6 Å². The van der Waals surface area contributed by atoms with Crippen LogP contribution < -0.4 is 4.57 Å². The number of nitrogens with zero attached hydrogens (tertiary/aromatic N) is 1. The van der Waals surface area contributed by atoms with Crippen molar-refractivity contribution in [2.45, 2.75) is 38.1 Å². The minimum Gasteiger partial charge on any atom is -0.189 e. The Morgan fingerprint density at radius 3 is 1.38 bits per heavy atom. The predicted molar refractivity (Wildman–Crippen MR) is 206 cm³/mol. The van der Waals surface area contributed by atoms with Crippen molar-refractivity contribution in [3.05, 3.63) is 172 Å². The predicted octanol–water partition coefficient (Wildman–Crippen LogP) is 13.1. The molecule has 1 aliphatic carbocycles. The van der Waals surface area contributed by atoms with Gasteiger partial charge in [0.25, 0.3) is 0 Å². The summed E-state index contributed by atoms with van der Waals surface area (Å²) in [4.78, 5) is 0. The van der Waals surface area contributed by atoms with Crippen LogP contribution in [0, 0.1) is 0 Å². The topological polar surface area (TPSA) is 3.88 Å². The average Bonchev–Trinajstić information content (AvgIpc) is 3.14. The second-order valence-corrected chi connectivity index (χ2v) is 13.4. The third kappa shape index (κ3) is 7.55. The third-order valence-corrected chi connectivity index (χ3v) is 9.78. The minimum absolute atomic E-state index is 0.411. The molecule has 0 unspecified atom stereocenters. The van der Waals surface area contributed by atoms with Gasteiger partial charge >= 0.3 is 0 Å². The Morgan fingerprint density at radius 1 is 0.458 bits per heavy atom. The molecule has 0 aliphatic heterocycles. The summed E-state index contributed by atoms with van der Waals surface area (Å²) in [5.74, 6) is 0. The molecule has 1 heterocycles. The molecule has 3 heteroatoms. The molecule has 0 bridgehead atoms. The molecule has 1 fully saturated rings. The van der Waals surface area contributed by atoms with Crippen molar-refractivity contribution < 1.29 is 4.57 Å². The fraction of sp³-hybridized carbons (Fsp3) is 0.133. The zero-order valence-electron chi connectivity index (χ0n) is 26.9. The zero-order valence-corrected chi connectivity index (χ0v) is 28.4. The van der Waals surface area contributed by atoms with Gasteiger partial charge in [0.1, 0.15) is 0 Å². The van der Waals surface area contributed by atoms with Gasteiger partial charge in [0.15, 0.2) is 6.04 Å². The highest BCUT2D eigenvalue weighted by Crippen LogP contribution is 2.37. The summed E-state index contributed by atoms with van der Waals surface area (Å²) in [7, 11) is 0. The van der Waals surface area contributed by atoms with E-state index in [-0.39, 0.29) is 0 Å². The van der Waals surface area contributed by atoms with Crippen LogP contribution in [0.5, 0.6) is 0 Å². The molecule has 1 aromatic heterocycles. The summed E-state index contributed by atoms with van der Waals surface area (Å²) in [6, 6.07) is 49.6. The number of hydrogen-bond donors (Lipinski definition) is 0. The van der Waals surface area contributed by atoms with Crippen LogP contribution in [0.1, 0.15) is 60.4 Å². The maximum atomic E-state index is 6.85. The smallest absolute Gasteiger partial charge is 0.189 e. The SMILES string of the molecule is Clc1ccc(-c2cc(-c3ccc(/C=C/c4ccccc4)cc3)[n+](C3CCCCC3)c(-c3ccc(/C=C/c4ccccc4)cc3)c2)c(Cl)c1. The summed E-state index contributed by atoms with van der Waals surface area (Å²) in [5, 5.41) is 1.29. The lowest BCUT2D eigenvalue weighted by Gasteiger charge is -2.23. The van der Waals surface area contributed by atoms with Crippen LogP contribution >= 0.6 is 23.2 Å². The van der Waals surface area contributed by atoms with Crippen LogP contribution in [0.2, 0.25) is 10.0 Å². The average molecular weight is 664 g/mol. The van der Waals surface area contributed by atoms with Crippen molar-refractivity contribution in [2.24, 2.45) is 0 Å². The van der Waals surface area contributed by atoms with E-state index >= 15 is 0 Å². The van der Waals surface area contributed by atoms with Crippen molar-refractivity contribution >= 4 is 47.5 Å². The summed E-state index contributed by atoms with van der Waals surface area (Å²) in [6.45, 7) is 0. The van der Waals surface area contributed by atoms with Gasteiger partial charge in [0.2, 0.25) is 11.4 Å². The molecule has 5 aromatic carbocycles. The Hall–Kier alpha value is -4.69. The molecule has 0 atom stereocenters. The summed E-state index contributed by atoms with van der Waals surface area (Å²) in [6.07, 6.45) is 14.8. The lowest BCUT2D eigenvalue weighted by molar-refractivity contribution is -0.705. The van der Waals surface area contributed by atoms with Gasteiger partial charge in [-0.1, -0.05) is 145 Å². The number of benzene rings is 5. The van der Waals surface area contributed by atoms with Gasteiger partial charge in [0.05, 0.1) is 0 Å². The lowest BCUT2D eigenvalue weighted by atomic mass is 9.91. The number of rotatable bonds is 8. The van der Waals surface area contributed by atoms with E-state index in [0.29, 0.717) is 16.1 Å². The Kier molecular flexibility index (Phi) is 9.98. The van der Waals surface area contributed by atoms with Gasteiger partial charge < -0.3 is 0 Å². The van der Waals surface area contributed by atoms with Crippen LogP contribution in [0.15, 0.2) is 140 Å². The molecule has 48 heavy (non-hydrogen) atoms. The van der Waals surface area contributed by atoms with Crippen LogP contribution in [0.4, 0.5) is 0 Å². The zero-order chi connectivity index (χ0) is 32.7. The van der Waals surface area contributed by atoms with Gasteiger partial charge in [-0.3, -0.25) is 0 Å². The molecule has 7 rings (SSSR count). The second kappa shape index (κ2) is 15.0. The van der Waals surface area contributed by atoms with Gasteiger partial charge in [0, 0.05) is 51.7 Å². The van der Waals surface area contributed by atoms with Gasteiger partial charge in [-0.2, -0.15) is 4.57 Å². The molecule has 0 N–H and O–H groups in total. The normalized spacial score (nSPS) is 13.8. The Bertz CT molecular complexity index is 1920. The quantitative estimate of drug-likeness (QED) is 0.113. The van der Waals surface area contributed by atoms with E-state index in [9.17, 15) is 0 Å². The molecule has 1 saturated carbocycles. The number of pyridine rings is 1. The summed E-state index contributed by atoms with van der Waals surface area (Å²) < 4.78 is 2.61. The van der Waals surface area contributed by atoms with E-state index in [0.717, 1.165) is 11.1 Å². The first-order valence-electron chi connectivity index (χ1n) is 16.8. The largest absolute Gasteiger partial charge is 0.213 e. The van der Waals surface area contributed by atoms with Gasteiger partial charge in [-0.05, 0) is 77.1 Å². The van der Waals surface area contributed by atoms with Crippen molar-refractivity contribution in [1.82, 2.24) is 0 Å². The monoisotopic (exact) mass is 662 g/mol. The fourth-order valence-corrected chi connectivity index (χ4v) is 7.22. The summed E-state index contributed by atoms with van der Waals surface area (Å²) in [5.41, 5.74) is 11.6. The highest BCUT2D eigenvalue weighted by Gasteiger charge is 2.31. The number of hydrogen-bond acceptors (Lipinski definition) is 0. The first-order valence-corrected chi connectivity index (χ1v) is 17.6. The fourth-order valence-electron chi connectivity index (χ4n) is 6.70. The van der Waals surface area contributed by atoms with E-state index in [1.807, 2.05) is 30.3 Å². The van der Waals surface area contributed by atoms with E-state index in [2.05, 4.69) is 138 Å². The van der Waals surface area contributed by atoms with E-state index in [4.69, 9.17) is 23.2 Å². The molecular formula is C45H38Cl2N+. The van der Waals surface area contributed by atoms with Crippen molar-refractivity contribution in [2.75, 3.05) is 0 Å². The Morgan fingerprint density at radius 2 is 0.917 bits per heavy atom. The number of aromatic nitrogens is 1. The molecule has 1 aliphatic rings. The molecule has 0 saturated heterocycles. The highest BCUT2D eigenvalue weighted by atomic mass is 35.5. The molecule has 1 nitrogen and oxygen atoms in total. The van der Waals surface area contributed by atoms with Crippen LogP contribution in [-0.2, 0) is 0 Å². The molecule has 0 spiro atoms. The van der Waals surface area contributed by atoms with E-state index in [1.54, 1.807) is 0 Å². The maximum Gasteiger partial charge on any atom is 0.213 e. The van der Waals surface area contributed by atoms with Crippen LogP contribution in [-0.4, -0.2) is 0 Å². The second-order valence-electron chi connectivity index (χ2n) is 12.5. The first kappa shape index (κ1) is 31.9. The van der Waals surface area contributed by atoms with Crippen molar-refractivity contribution in [3.63, 3.8) is 0 Å². The maximum absolute atomic E-state index is 6.85. The Balaban J connectivity index is 1.34. The number of halogens is 2. The molecule has 0 amide bonds.